The topological polar surface area (TPSA) is 60.8 Å². The fraction of sp³-hybridized carbons (Fsp3) is 0.172. The zero-order chi connectivity index (χ0) is 24.9. The van der Waals surface area contributed by atoms with Crippen LogP contribution in [-0.4, -0.2) is 40.4 Å². The second kappa shape index (κ2) is 10.7. The van der Waals surface area contributed by atoms with Gasteiger partial charge < -0.3 is 14.0 Å². The Morgan fingerprint density at radius 1 is 0.833 bits per heavy atom. The van der Waals surface area contributed by atoms with Gasteiger partial charge >= 0.3 is 0 Å². The largest absolute Gasteiger partial charge is 0.492 e. The van der Waals surface area contributed by atoms with E-state index in [1.807, 2.05) is 98.1 Å². The number of imide groups is 1. The second-order valence-electron chi connectivity index (χ2n) is 8.45. The number of ether oxygens (including phenoxy) is 2. The number of carbonyl (C=O) groups excluding carboxylic acids is 2. The SMILES string of the molecule is Cc1cccc(OCCN2C(=O)S/C(=C\c3cn(CCOc4ccccc4)c4ccccc34)C2=O)c1. The van der Waals surface area contributed by atoms with Gasteiger partial charge in [-0.1, -0.05) is 48.5 Å². The predicted octanol–water partition coefficient (Wildman–Crippen LogP) is 6.14. The third-order valence-electron chi connectivity index (χ3n) is 5.90. The zero-order valence-electron chi connectivity index (χ0n) is 19.9. The van der Waals surface area contributed by atoms with Gasteiger partial charge in [0.05, 0.1) is 18.0 Å². The van der Waals surface area contributed by atoms with Crippen molar-refractivity contribution in [2.75, 3.05) is 19.8 Å². The van der Waals surface area contributed by atoms with Crippen molar-refractivity contribution in [1.82, 2.24) is 9.47 Å². The number of thioether (sulfide) groups is 1. The average Bonchev–Trinajstić information content (AvgIpc) is 3.36. The summed E-state index contributed by atoms with van der Waals surface area (Å²) < 4.78 is 13.7. The summed E-state index contributed by atoms with van der Waals surface area (Å²) in [5.41, 5.74) is 3.03. The van der Waals surface area contributed by atoms with Crippen molar-refractivity contribution in [3.63, 3.8) is 0 Å². The van der Waals surface area contributed by atoms with E-state index < -0.39 is 0 Å². The molecule has 1 aliphatic rings. The van der Waals surface area contributed by atoms with Crippen LogP contribution in [0.5, 0.6) is 11.5 Å². The first kappa shape index (κ1) is 23.8. The zero-order valence-corrected chi connectivity index (χ0v) is 20.7. The maximum atomic E-state index is 13.0. The first-order valence-corrected chi connectivity index (χ1v) is 12.6. The van der Waals surface area contributed by atoms with Crippen molar-refractivity contribution < 1.29 is 19.1 Å². The van der Waals surface area contributed by atoms with Crippen LogP contribution in [0.15, 0.2) is 90.0 Å². The van der Waals surface area contributed by atoms with E-state index in [4.69, 9.17) is 9.47 Å². The van der Waals surface area contributed by atoms with Gasteiger partial charge in [0.1, 0.15) is 24.7 Å². The number of aromatic nitrogens is 1. The van der Waals surface area contributed by atoms with Crippen molar-refractivity contribution in [1.29, 1.82) is 0 Å². The van der Waals surface area contributed by atoms with E-state index in [9.17, 15) is 9.59 Å². The van der Waals surface area contributed by atoms with Gasteiger partial charge in [-0.15, -0.1) is 0 Å². The van der Waals surface area contributed by atoms with Gasteiger partial charge in [0.25, 0.3) is 11.1 Å². The van der Waals surface area contributed by atoms with Crippen LogP contribution < -0.4 is 9.47 Å². The number of aryl methyl sites for hydroxylation is 1. The highest BCUT2D eigenvalue weighted by atomic mass is 32.2. The second-order valence-corrected chi connectivity index (χ2v) is 9.45. The van der Waals surface area contributed by atoms with E-state index in [0.717, 1.165) is 45.3 Å². The molecule has 2 amide bonds. The van der Waals surface area contributed by atoms with Gasteiger partial charge in [0.2, 0.25) is 0 Å². The molecule has 0 bridgehead atoms. The van der Waals surface area contributed by atoms with Crippen molar-refractivity contribution in [2.24, 2.45) is 0 Å². The Balaban J connectivity index is 1.28. The maximum absolute atomic E-state index is 13.0. The molecule has 1 fully saturated rings. The van der Waals surface area contributed by atoms with Crippen LogP contribution in [0.4, 0.5) is 4.79 Å². The summed E-state index contributed by atoms with van der Waals surface area (Å²) in [5.74, 6) is 1.26. The monoisotopic (exact) mass is 498 g/mol. The summed E-state index contributed by atoms with van der Waals surface area (Å²) in [4.78, 5) is 27.3. The lowest BCUT2D eigenvalue weighted by Crippen LogP contribution is -2.32. The molecule has 182 valence electrons. The number of nitrogens with zero attached hydrogens (tertiary/aromatic N) is 2. The molecule has 0 radical (unpaired) electrons. The van der Waals surface area contributed by atoms with Crippen LogP contribution in [0, 0.1) is 6.92 Å². The normalized spacial score (nSPS) is 14.7. The first-order chi connectivity index (χ1) is 17.6. The molecule has 0 atom stereocenters. The molecule has 0 spiro atoms. The highest BCUT2D eigenvalue weighted by molar-refractivity contribution is 8.18. The van der Waals surface area contributed by atoms with E-state index in [0.29, 0.717) is 18.1 Å². The molecule has 36 heavy (non-hydrogen) atoms. The lowest BCUT2D eigenvalue weighted by atomic mass is 10.1. The molecule has 7 heteroatoms. The minimum absolute atomic E-state index is 0.203. The highest BCUT2D eigenvalue weighted by Gasteiger charge is 2.35. The summed E-state index contributed by atoms with van der Waals surface area (Å²) in [6.45, 7) is 3.60. The Morgan fingerprint density at radius 2 is 1.56 bits per heavy atom. The van der Waals surface area contributed by atoms with E-state index in [1.54, 1.807) is 0 Å². The van der Waals surface area contributed by atoms with E-state index in [2.05, 4.69) is 4.57 Å². The molecule has 0 unspecified atom stereocenters. The number of amides is 2. The summed E-state index contributed by atoms with van der Waals surface area (Å²) in [6.07, 6.45) is 3.82. The number of rotatable bonds is 9. The molecule has 1 aromatic heterocycles. The molecular formula is C29H26N2O4S. The minimum Gasteiger partial charge on any atom is -0.492 e. The van der Waals surface area contributed by atoms with Crippen molar-refractivity contribution in [2.45, 2.75) is 13.5 Å². The number of para-hydroxylation sites is 2. The molecule has 0 saturated carbocycles. The van der Waals surface area contributed by atoms with Crippen LogP contribution in [0.2, 0.25) is 0 Å². The molecule has 4 aromatic rings. The standard InChI is InChI=1S/C29H26N2O4S/c1-21-8-7-11-24(18-21)35-17-15-31-28(32)27(36-29(31)33)19-22-20-30(26-13-6-5-12-25(22)26)14-16-34-23-9-3-2-4-10-23/h2-13,18-20H,14-17H2,1H3/b27-19-. The van der Waals surface area contributed by atoms with Gasteiger partial charge in [-0.05, 0) is 60.7 Å². The molecule has 6 nitrogen and oxygen atoms in total. The van der Waals surface area contributed by atoms with Crippen LogP contribution >= 0.6 is 11.8 Å². The van der Waals surface area contributed by atoms with Crippen molar-refractivity contribution in [3.05, 3.63) is 101 Å². The van der Waals surface area contributed by atoms with Crippen LogP contribution in [0.3, 0.4) is 0 Å². The molecular weight excluding hydrogens is 472 g/mol. The van der Waals surface area contributed by atoms with Crippen LogP contribution in [-0.2, 0) is 11.3 Å². The average molecular weight is 499 g/mol. The fourth-order valence-electron chi connectivity index (χ4n) is 4.15. The van der Waals surface area contributed by atoms with Crippen molar-refractivity contribution in [3.8, 4) is 11.5 Å². The third-order valence-corrected chi connectivity index (χ3v) is 6.80. The number of fused-ring (bicyclic) bond motifs is 1. The summed E-state index contributed by atoms with van der Waals surface area (Å²) in [7, 11) is 0. The van der Waals surface area contributed by atoms with E-state index >= 15 is 0 Å². The predicted molar refractivity (Wildman–Crippen MR) is 143 cm³/mol. The van der Waals surface area contributed by atoms with Gasteiger partial charge in [-0.2, -0.15) is 0 Å². The first-order valence-electron chi connectivity index (χ1n) is 11.8. The maximum Gasteiger partial charge on any atom is 0.293 e. The molecule has 0 N–H and O–H groups in total. The number of hydrogen-bond acceptors (Lipinski definition) is 5. The van der Waals surface area contributed by atoms with Gasteiger partial charge in [-0.3, -0.25) is 14.5 Å². The van der Waals surface area contributed by atoms with Crippen LogP contribution in [0.25, 0.3) is 17.0 Å². The number of benzene rings is 3. The third kappa shape index (κ3) is 5.31. The van der Waals surface area contributed by atoms with Gasteiger partial charge in [-0.25, -0.2) is 0 Å². The highest BCUT2D eigenvalue weighted by Crippen LogP contribution is 2.34. The summed E-state index contributed by atoms with van der Waals surface area (Å²) >= 11 is 0.967. The van der Waals surface area contributed by atoms with Crippen molar-refractivity contribution >= 4 is 39.9 Å². The smallest absolute Gasteiger partial charge is 0.293 e. The Labute approximate surface area is 214 Å². The van der Waals surface area contributed by atoms with Crippen LogP contribution in [0.1, 0.15) is 11.1 Å². The molecule has 2 heterocycles. The molecule has 1 aliphatic heterocycles. The minimum atomic E-state index is -0.290. The molecule has 3 aromatic carbocycles. The Bertz CT molecular complexity index is 1430. The number of hydrogen-bond donors (Lipinski definition) is 0. The van der Waals surface area contributed by atoms with E-state index in [-0.39, 0.29) is 24.3 Å². The molecule has 5 rings (SSSR count). The Kier molecular flexibility index (Phi) is 7.09. The number of carbonyl (C=O) groups is 2. The lowest BCUT2D eigenvalue weighted by molar-refractivity contribution is -0.123. The molecule has 0 aliphatic carbocycles. The summed E-state index contributed by atoms with van der Waals surface area (Å²) in [5, 5.41) is 0.742. The fourth-order valence-corrected chi connectivity index (χ4v) is 5.00. The Morgan fingerprint density at radius 3 is 2.39 bits per heavy atom. The van der Waals surface area contributed by atoms with Gasteiger partial charge in [0.15, 0.2) is 0 Å². The summed E-state index contributed by atoms with van der Waals surface area (Å²) in [6, 6.07) is 25.4. The lowest BCUT2D eigenvalue weighted by Gasteiger charge is -2.13. The molecule has 1 saturated heterocycles. The van der Waals surface area contributed by atoms with E-state index in [1.165, 1.54) is 4.90 Å². The quantitative estimate of drug-likeness (QED) is 0.259. The Hall–Kier alpha value is -3.97. The van der Waals surface area contributed by atoms with Gasteiger partial charge in [0, 0.05) is 22.7 Å².